The molecule has 1 fully saturated rings. The Morgan fingerprint density at radius 2 is 1.70 bits per heavy atom. The Morgan fingerprint density at radius 3 is 2.41 bits per heavy atom. The highest BCUT2D eigenvalue weighted by molar-refractivity contribution is 6.52. The highest BCUT2D eigenvalue weighted by atomic mass is 35.5. The molecule has 27 heavy (non-hydrogen) atoms. The summed E-state index contributed by atoms with van der Waals surface area (Å²) in [7, 11) is 2.11. The lowest BCUT2D eigenvalue weighted by Crippen LogP contribution is -2.45. The maximum Gasteiger partial charge on any atom is 0.271 e. The number of halogens is 4. The first-order valence-corrected chi connectivity index (χ1v) is 9.89. The van der Waals surface area contributed by atoms with Crippen LogP contribution in [0.5, 0.6) is 0 Å². The highest BCUT2D eigenvalue weighted by Gasteiger charge is 2.21. The Labute approximate surface area is 178 Å². The van der Waals surface area contributed by atoms with Crippen LogP contribution in [0.2, 0.25) is 20.2 Å². The zero-order valence-electron chi connectivity index (χ0n) is 14.6. The minimum absolute atomic E-state index is 0.0151. The van der Waals surface area contributed by atoms with E-state index in [2.05, 4.69) is 33.2 Å². The molecule has 1 N–H and O–H groups in total. The summed E-state index contributed by atoms with van der Waals surface area (Å²) >= 11 is 23.9. The molecular weight excluding hydrogens is 430 g/mol. The van der Waals surface area contributed by atoms with Gasteiger partial charge in [0.2, 0.25) is 0 Å². The normalized spacial score (nSPS) is 15.1. The van der Waals surface area contributed by atoms with E-state index >= 15 is 0 Å². The summed E-state index contributed by atoms with van der Waals surface area (Å²) in [5.74, 6) is -0.464. The van der Waals surface area contributed by atoms with Gasteiger partial charge in [-0.2, -0.15) is 0 Å². The molecule has 0 atom stereocenters. The Morgan fingerprint density at radius 1 is 1.04 bits per heavy atom. The van der Waals surface area contributed by atoms with Crippen molar-refractivity contribution in [2.75, 3.05) is 38.1 Å². The highest BCUT2D eigenvalue weighted by Crippen LogP contribution is 2.36. The zero-order valence-corrected chi connectivity index (χ0v) is 17.6. The maximum absolute atomic E-state index is 12.5. The third-order valence-corrected chi connectivity index (χ3v) is 6.15. The standard InChI is InChI=1S/C18H18Cl4N4O/c1-25-6-8-26(9-7-25)12-5-3-2-4-11(12)10-23-18(27)16-14(20)13(19)15(21)17(22)24-16/h2-5H,6-10H2,1H3,(H,23,27). The van der Waals surface area contributed by atoms with Gasteiger partial charge in [0.15, 0.2) is 0 Å². The molecule has 2 heterocycles. The largest absolute Gasteiger partial charge is 0.369 e. The minimum Gasteiger partial charge on any atom is -0.369 e. The molecule has 0 unspecified atom stereocenters. The molecule has 1 aromatic carbocycles. The molecule has 5 nitrogen and oxygen atoms in total. The van der Waals surface area contributed by atoms with Gasteiger partial charge in [-0.1, -0.05) is 64.6 Å². The van der Waals surface area contributed by atoms with E-state index in [4.69, 9.17) is 46.4 Å². The summed E-state index contributed by atoms with van der Waals surface area (Å²) in [6.07, 6.45) is 0. The van der Waals surface area contributed by atoms with Crippen molar-refractivity contribution in [3.8, 4) is 0 Å². The van der Waals surface area contributed by atoms with Crippen LogP contribution in [0.3, 0.4) is 0 Å². The Bertz CT molecular complexity index is 853. The predicted molar refractivity (Wildman–Crippen MR) is 112 cm³/mol. The lowest BCUT2D eigenvalue weighted by atomic mass is 10.1. The number of rotatable bonds is 4. The van der Waals surface area contributed by atoms with Crippen LogP contribution in [0.1, 0.15) is 16.1 Å². The van der Waals surface area contributed by atoms with Crippen LogP contribution >= 0.6 is 46.4 Å². The summed E-state index contributed by atoms with van der Waals surface area (Å²) in [6, 6.07) is 8.00. The zero-order chi connectivity index (χ0) is 19.6. The first kappa shape index (κ1) is 20.5. The van der Waals surface area contributed by atoms with E-state index in [0.717, 1.165) is 37.4 Å². The van der Waals surface area contributed by atoms with E-state index in [-0.39, 0.29) is 25.9 Å². The summed E-state index contributed by atoms with van der Waals surface area (Å²) in [6.45, 7) is 4.22. The van der Waals surface area contributed by atoms with Crippen molar-refractivity contribution >= 4 is 58.0 Å². The van der Waals surface area contributed by atoms with Crippen LogP contribution in [0, 0.1) is 0 Å². The second kappa shape index (κ2) is 8.84. The van der Waals surface area contributed by atoms with Crippen molar-refractivity contribution in [3.05, 3.63) is 55.7 Å². The fraction of sp³-hybridized carbons (Fsp3) is 0.333. The van der Waals surface area contributed by atoms with Crippen molar-refractivity contribution in [2.45, 2.75) is 6.54 Å². The van der Waals surface area contributed by atoms with Crippen molar-refractivity contribution in [3.63, 3.8) is 0 Å². The first-order valence-electron chi connectivity index (χ1n) is 8.38. The van der Waals surface area contributed by atoms with Gasteiger partial charge in [0.05, 0.1) is 15.1 Å². The number of nitrogens with zero attached hydrogens (tertiary/aromatic N) is 3. The quantitative estimate of drug-likeness (QED) is 0.706. The van der Waals surface area contributed by atoms with Gasteiger partial charge in [0.1, 0.15) is 10.8 Å². The SMILES string of the molecule is CN1CCN(c2ccccc2CNC(=O)c2nc(Cl)c(Cl)c(Cl)c2Cl)CC1. The monoisotopic (exact) mass is 446 g/mol. The number of carbonyl (C=O) groups is 1. The number of carbonyl (C=O) groups excluding carboxylic acids is 1. The molecule has 1 aliphatic rings. The summed E-state index contributed by atoms with van der Waals surface area (Å²) in [5.41, 5.74) is 2.07. The van der Waals surface area contributed by atoms with Crippen molar-refractivity contribution < 1.29 is 4.79 Å². The van der Waals surface area contributed by atoms with Crippen LogP contribution in [0.25, 0.3) is 0 Å². The topological polar surface area (TPSA) is 48.5 Å². The van der Waals surface area contributed by atoms with Gasteiger partial charge in [-0.05, 0) is 18.7 Å². The molecular formula is C18H18Cl4N4O. The second-order valence-corrected chi connectivity index (χ2v) is 7.79. The van der Waals surface area contributed by atoms with Gasteiger partial charge in [0.25, 0.3) is 5.91 Å². The lowest BCUT2D eigenvalue weighted by molar-refractivity contribution is 0.0946. The van der Waals surface area contributed by atoms with E-state index in [9.17, 15) is 4.79 Å². The third-order valence-electron chi connectivity index (χ3n) is 4.47. The van der Waals surface area contributed by atoms with Gasteiger partial charge >= 0.3 is 0 Å². The van der Waals surface area contributed by atoms with E-state index in [1.165, 1.54) is 0 Å². The summed E-state index contributed by atoms with van der Waals surface area (Å²) in [5, 5.41) is 2.80. The number of hydrogen-bond acceptors (Lipinski definition) is 4. The number of aromatic nitrogens is 1. The molecule has 0 radical (unpaired) electrons. The Kier molecular flexibility index (Phi) is 6.71. The third kappa shape index (κ3) is 4.61. The molecule has 3 rings (SSSR count). The van der Waals surface area contributed by atoms with E-state index in [1.54, 1.807) is 0 Å². The fourth-order valence-electron chi connectivity index (χ4n) is 2.91. The molecule has 144 valence electrons. The number of benzene rings is 1. The summed E-state index contributed by atoms with van der Waals surface area (Å²) < 4.78 is 0. The average Bonchev–Trinajstić information content (AvgIpc) is 2.68. The number of para-hydroxylation sites is 1. The van der Waals surface area contributed by atoms with Crippen molar-refractivity contribution in [1.29, 1.82) is 0 Å². The van der Waals surface area contributed by atoms with Crippen LogP contribution < -0.4 is 10.2 Å². The van der Waals surface area contributed by atoms with Crippen molar-refractivity contribution in [2.24, 2.45) is 0 Å². The first-order chi connectivity index (χ1) is 12.9. The number of amides is 1. The molecule has 2 aromatic rings. The minimum atomic E-state index is -0.464. The molecule has 0 bridgehead atoms. The Balaban J connectivity index is 1.75. The number of hydrogen-bond donors (Lipinski definition) is 1. The number of nitrogens with one attached hydrogen (secondary N) is 1. The maximum atomic E-state index is 12.5. The summed E-state index contributed by atoms with van der Waals surface area (Å²) in [4.78, 5) is 21.1. The van der Waals surface area contributed by atoms with Crippen LogP contribution in [-0.2, 0) is 6.54 Å². The molecule has 1 amide bonds. The predicted octanol–water partition coefficient (Wildman–Crippen LogP) is 4.38. The van der Waals surface area contributed by atoms with Crippen LogP contribution in [0.15, 0.2) is 24.3 Å². The second-order valence-electron chi connectivity index (χ2n) is 6.29. The van der Waals surface area contributed by atoms with Gasteiger partial charge in [0, 0.05) is 38.4 Å². The number of anilines is 1. The number of piperazine rings is 1. The van der Waals surface area contributed by atoms with Crippen LogP contribution in [-0.4, -0.2) is 49.0 Å². The van der Waals surface area contributed by atoms with Gasteiger partial charge in [-0.15, -0.1) is 0 Å². The lowest BCUT2D eigenvalue weighted by Gasteiger charge is -2.35. The van der Waals surface area contributed by atoms with E-state index in [1.807, 2.05) is 18.2 Å². The molecule has 0 saturated carbocycles. The smallest absolute Gasteiger partial charge is 0.271 e. The molecule has 9 heteroatoms. The molecule has 0 spiro atoms. The molecule has 1 saturated heterocycles. The number of pyridine rings is 1. The van der Waals surface area contributed by atoms with E-state index < -0.39 is 5.91 Å². The average molecular weight is 448 g/mol. The molecule has 1 aromatic heterocycles. The number of likely N-dealkylation sites (N-methyl/N-ethyl adjacent to an activating group) is 1. The Hall–Kier alpha value is -1.24. The molecule has 0 aliphatic carbocycles. The van der Waals surface area contributed by atoms with E-state index in [0.29, 0.717) is 6.54 Å². The molecule has 1 aliphatic heterocycles. The fourth-order valence-corrected chi connectivity index (χ4v) is 3.73. The van der Waals surface area contributed by atoms with Gasteiger partial charge < -0.3 is 15.1 Å². The van der Waals surface area contributed by atoms with Gasteiger partial charge in [-0.25, -0.2) is 4.98 Å². The van der Waals surface area contributed by atoms with Crippen LogP contribution in [0.4, 0.5) is 5.69 Å². The van der Waals surface area contributed by atoms with Crippen molar-refractivity contribution in [1.82, 2.24) is 15.2 Å². The van der Waals surface area contributed by atoms with Gasteiger partial charge in [-0.3, -0.25) is 4.79 Å².